The van der Waals surface area contributed by atoms with Gasteiger partial charge in [-0.15, -0.1) is 0 Å². The first kappa shape index (κ1) is 35.5. The second-order valence-corrected chi connectivity index (χ2v) is 12.5. The van der Waals surface area contributed by atoms with Crippen LogP contribution in [0.25, 0.3) is 5.65 Å². The number of carbonyl (C=O) groups excluding carboxylic acids is 3. The molecule has 3 heterocycles. The molecular weight excluding hydrogens is 632 g/mol. The van der Waals surface area contributed by atoms with Gasteiger partial charge in [0, 0.05) is 44.9 Å². The minimum absolute atomic E-state index is 0.135. The Labute approximate surface area is 285 Å². The van der Waals surface area contributed by atoms with Crippen LogP contribution in [0.4, 0.5) is 8.78 Å². The summed E-state index contributed by atoms with van der Waals surface area (Å²) >= 11 is 0. The number of fused-ring (bicyclic) bond motifs is 1. The number of aromatic nitrogens is 2. The number of imidazole rings is 1. The van der Waals surface area contributed by atoms with Gasteiger partial charge in [0.2, 0.25) is 11.8 Å². The Morgan fingerprint density at radius 1 is 1.02 bits per heavy atom. The highest BCUT2D eigenvalue weighted by Crippen LogP contribution is 2.27. The summed E-state index contributed by atoms with van der Waals surface area (Å²) in [5.41, 5.74) is 1.70. The molecule has 3 amide bonds. The molecule has 49 heavy (non-hydrogen) atoms. The number of halogens is 2. The first-order chi connectivity index (χ1) is 23.6. The first-order valence-corrected chi connectivity index (χ1v) is 16.6. The van der Waals surface area contributed by atoms with Crippen molar-refractivity contribution >= 4 is 23.4 Å². The van der Waals surface area contributed by atoms with Crippen molar-refractivity contribution in [2.24, 2.45) is 5.92 Å². The number of ether oxygens (including phenoxy) is 2. The van der Waals surface area contributed by atoms with Gasteiger partial charge in [0.15, 0.2) is 0 Å². The number of pyridine rings is 1. The molecule has 5 rings (SSSR count). The summed E-state index contributed by atoms with van der Waals surface area (Å²) < 4.78 is 40.8. The molecule has 12 heteroatoms. The Morgan fingerprint density at radius 3 is 2.37 bits per heavy atom. The van der Waals surface area contributed by atoms with Gasteiger partial charge in [0.25, 0.3) is 5.91 Å². The maximum atomic E-state index is 14.4. The Bertz CT molecular complexity index is 1700. The van der Waals surface area contributed by atoms with Crippen molar-refractivity contribution in [3.63, 3.8) is 0 Å². The highest BCUT2D eigenvalue weighted by Gasteiger charge is 2.42. The standard InChI is InChI=1S/C37H43F2N5O5/c1-5-24(2)35(45)41-34(25(3)48-4)37(47)44-22-31(49-30-15-13-28(39)14-16-30)20-29(44)21-43(19-17-26-9-11-27(38)12-10-26)36(46)32-23-42-18-7-6-8-33(42)40-32/h6-16,18,23-25,29,31,34H,5,17,19-22H2,1-4H3,(H,41,45)/t24-,25-,29+,31+,34+/m1/s1. The number of carbonyl (C=O) groups is 3. The zero-order valence-electron chi connectivity index (χ0n) is 28.2. The smallest absolute Gasteiger partial charge is 0.274 e. The lowest BCUT2D eigenvalue weighted by Gasteiger charge is -2.34. The average Bonchev–Trinajstić information content (AvgIpc) is 3.73. The van der Waals surface area contributed by atoms with Crippen LogP contribution in [-0.2, 0) is 20.7 Å². The Balaban J connectivity index is 1.45. The van der Waals surface area contributed by atoms with Crippen LogP contribution in [0.3, 0.4) is 0 Å². The molecule has 1 N–H and O–H groups in total. The molecule has 1 aliphatic heterocycles. The number of amides is 3. The molecular formula is C37H43F2N5O5. The molecule has 0 bridgehead atoms. The summed E-state index contributed by atoms with van der Waals surface area (Å²) in [6.45, 7) is 5.98. The van der Waals surface area contributed by atoms with Crippen LogP contribution in [-0.4, -0.2) is 87.9 Å². The summed E-state index contributed by atoms with van der Waals surface area (Å²) in [6.07, 6.45) is 3.75. The summed E-state index contributed by atoms with van der Waals surface area (Å²) in [5.74, 6) is -1.57. The summed E-state index contributed by atoms with van der Waals surface area (Å²) in [4.78, 5) is 49.4. The van der Waals surface area contributed by atoms with Crippen molar-refractivity contribution in [2.75, 3.05) is 26.7 Å². The maximum Gasteiger partial charge on any atom is 0.274 e. The normalized spacial score (nSPS) is 17.8. The molecule has 1 fully saturated rings. The van der Waals surface area contributed by atoms with Gasteiger partial charge >= 0.3 is 0 Å². The van der Waals surface area contributed by atoms with E-state index in [0.717, 1.165) is 5.56 Å². The Morgan fingerprint density at radius 2 is 1.71 bits per heavy atom. The number of methoxy groups -OCH3 is 1. The molecule has 2 aromatic heterocycles. The molecule has 260 valence electrons. The average molecular weight is 676 g/mol. The van der Waals surface area contributed by atoms with Crippen LogP contribution in [0, 0.1) is 17.6 Å². The van der Waals surface area contributed by atoms with Gasteiger partial charge in [-0.25, -0.2) is 13.8 Å². The molecule has 0 spiro atoms. The fraction of sp³-hybridized carbons (Fsp3) is 0.405. The van der Waals surface area contributed by atoms with Gasteiger partial charge in [-0.3, -0.25) is 14.4 Å². The molecule has 2 aromatic carbocycles. The predicted octanol–water partition coefficient (Wildman–Crippen LogP) is 4.91. The van der Waals surface area contributed by atoms with E-state index in [2.05, 4.69) is 10.3 Å². The number of benzene rings is 2. The molecule has 10 nitrogen and oxygen atoms in total. The van der Waals surface area contributed by atoms with Crippen molar-refractivity contribution in [3.05, 3.63) is 102 Å². The van der Waals surface area contributed by atoms with E-state index in [9.17, 15) is 23.2 Å². The van der Waals surface area contributed by atoms with Gasteiger partial charge in [0.05, 0.1) is 18.7 Å². The molecule has 4 aromatic rings. The zero-order valence-corrected chi connectivity index (χ0v) is 28.2. The topological polar surface area (TPSA) is 105 Å². The van der Waals surface area contributed by atoms with E-state index in [1.165, 1.54) is 43.5 Å². The molecule has 0 radical (unpaired) electrons. The lowest BCUT2D eigenvalue weighted by Crippen LogP contribution is -2.57. The van der Waals surface area contributed by atoms with E-state index in [1.807, 2.05) is 25.3 Å². The highest BCUT2D eigenvalue weighted by molar-refractivity contribution is 5.93. The largest absolute Gasteiger partial charge is 0.489 e. The zero-order chi connectivity index (χ0) is 35.1. The second-order valence-electron chi connectivity index (χ2n) is 12.5. The lowest BCUT2D eigenvalue weighted by atomic mass is 10.1. The van der Waals surface area contributed by atoms with Crippen molar-refractivity contribution in [2.45, 2.75) is 64.3 Å². The van der Waals surface area contributed by atoms with Gasteiger partial charge < -0.3 is 29.0 Å². The maximum absolute atomic E-state index is 14.4. The van der Waals surface area contributed by atoms with E-state index in [1.54, 1.807) is 52.4 Å². The summed E-state index contributed by atoms with van der Waals surface area (Å²) in [5, 5.41) is 2.89. The van der Waals surface area contributed by atoms with Crippen LogP contribution in [0.15, 0.2) is 79.1 Å². The van der Waals surface area contributed by atoms with E-state index >= 15 is 0 Å². The van der Waals surface area contributed by atoms with Crippen molar-refractivity contribution in [3.8, 4) is 5.75 Å². The number of hydrogen-bond donors (Lipinski definition) is 1. The van der Waals surface area contributed by atoms with Crippen LogP contribution in [0.5, 0.6) is 5.75 Å². The third-order valence-electron chi connectivity index (χ3n) is 9.13. The van der Waals surface area contributed by atoms with Crippen LogP contribution < -0.4 is 10.1 Å². The third kappa shape index (κ3) is 8.80. The minimum Gasteiger partial charge on any atom is -0.489 e. The van der Waals surface area contributed by atoms with Gasteiger partial charge in [-0.2, -0.15) is 0 Å². The van der Waals surface area contributed by atoms with Crippen LogP contribution in [0.1, 0.15) is 49.7 Å². The number of nitrogens with one attached hydrogen (secondary N) is 1. The first-order valence-electron chi connectivity index (χ1n) is 16.6. The van der Waals surface area contributed by atoms with Gasteiger partial charge in [-0.1, -0.05) is 32.0 Å². The predicted molar refractivity (Wildman–Crippen MR) is 180 cm³/mol. The van der Waals surface area contributed by atoms with E-state index in [-0.39, 0.29) is 54.8 Å². The molecule has 5 atom stereocenters. The second kappa shape index (κ2) is 16.0. The lowest BCUT2D eigenvalue weighted by molar-refractivity contribution is -0.142. The van der Waals surface area contributed by atoms with Crippen LogP contribution in [0.2, 0.25) is 0 Å². The fourth-order valence-corrected chi connectivity index (χ4v) is 5.93. The minimum atomic E-state index is -0.986. The highest BCUT2D eigenvalue weighted by atomic mass is 19.1. The number of hydrogen-bond acceptors (Lipinski definition) is 6. The number of nitrogens with zero attached hydrogens (tertiary/aromatic N) is 4. The van der Waals surface area contributed by atoms with E-state index in [0.29, 0.717) is 30.7 Å². The quantitative estimate of drug-likeness (QED) is 0.204. The number of rotatable bonds is 14. The van der Waals surface area contributed by atoms with Gasteiger partial charge in [0.1, 0.15) is 40.9 Å². The van der Waals surface area contributed by atoms with E-state index in [4.69, 9.17) is 9.47 Å². The fourth-order valence-electron chi connectivity index (χ4n) is 5.93. The monoisotopic (exact) mass is 675 g/mol. The molecule has 0 aliphatic carbocycles. The molecule has 0 saturated carbocycles. The van der Waals surface area contributed by atoms with Crippen molar-refractivity contribution in [1.82, 2.24) is 24.5 Å². The molecule has 0 unspecified atom stereocenters. The van der Waals surface area contributed by atoms with E-state index < -0.39 is 30.1 Å². The summed E-state index contributed by atoms with van der Waals surface area (Å²) in [7, 11) is 1.48. The van der Waals surface area contributed by atoms with Gasteiger partial charge in [-0.05, 0) is 73.9 Å². The van der Waals surface area contributed by atoms with Crippen molar-refractivity contribution < 1.29 is 32.6 Å². The molecule has 1 saturated heterocycles. The SMILES string of the molecule is CC[C@@H](C)C(=O)N[C@H](C(=O)N1C[C@@H](Oc2ccc(F)cc2)C[C@H]1CN(CCc1ccc(F)cc1)C(=O)c1cn2ccccc2n1)[C@@H](C)OC. The third-order valence-corrected chi connectivity index (χ3v) is 9.13. The Hall–Kier alpha value is -4.84. The summed E-state index contributed by atoms with van der Waals surface area (Å²) in [6, 6.07) is 15.8. The number of likely N-dealkylation sites (tertiary alicyclic amines) is 1. The van der Waals surface area contributed by atoms with Crippen LogP contribution >= 0.6 is 0 Å². The Kier molecular flexibility index (Phi) is 11.6. The van der Waals surface area contributed by atoms with Crippen molar-refractivity contribution in [1.29, 1.82) is 0 Å². The molecule has 1 aliphatic rings.